The fourth-order valence-corrected chi connectivity index (χ4v) is 4.26. The van der Waals surface area contributed by atoms with Gasteiger partial charge in [-0.2, -0.15) is 0 Å². The Bertz CT molecular complexity index is 1230. The number of rotatable bonds is 4. The van der Waals surface area contributed by atoms with Crippen molar-refractivity contribution in [3.05, 3.63) is 100 Å². The van der Waals surface area contributed by atoms with Gasteiger partial charge in [0, 0.05) is 5.56 Å². The number of Topliss-reactive ketones (excluding diaryl/α,β-unsaturated/α-hetero) is 1. The van der Waals surface area contributed by atoms with Crippen molar-refractivity contribution in [2.45, 2.75) is 52.6 Å². The van der Waals surface area contributed by atoms with Gasteiger partial charge in [-0.3, -0.25) is 9.59 Å². The van der Waals surface area contributed by atoms with Crippen molar-refractivity contribution in [3.63, 3.8) is 0 Å². The summed E-state index contributed by atoms with van der Waals surface area (Å²) in [6, 6.07) is 16.4. The lowest BCUT2D eigenvalue weighted by Gasteiger charge is -2.26. The maximum atomic E-state index is 13.2. The average Bonchev–Trinajstić information content (AvgIpc) is 3.37. The Hall–Kier alpha value is -3.60. The highest BCUT2D eigenvalue weighted by atomic mass is 16.3. The highest BCUT2D eigenvalue weighted by molar-refractivity contribution is 6.46. The van der Waals surface area contributed by atoms with Gasteiger partial charge in [0.25, 0.3) is 11.7 Å². The molecule has 0 saturated carbocycles. The molecule has 2 heterocycles. The summed E-state index contributed by atoms with van der Waals surface area (Å²) in [4.78, 5) is 27.8. The van der Waals surface area contributed by atoms with Crippen LogP contribution in [-0.2, 0) is 21.5 Å². The van der Waals surface area contributed by atoms with E-state index in [1.807, 2.05) is 56.3 Å². The molecule has 1 fully saturated rings. The monoisotopic (exact) mass is 443 g/mol. The van der Waals surface area contributed by atoms with E-state index in [0.717, 1.165) is 22.3 Å². The predicted molar refractivity (Wildman–Crippen MR) is 128 cm³/mol. The van der Waals surface area contributed by atoms with Crippen molar-refractivity contribution in [1.82, 2.24) is 4.90 Å². The van der Waals surface area contributed by atoms with Gasteiger partial charge in [-0.1, -0.05) is 62.7 Å². The van der Waals surface area contributed by atoms with Crippen LogP contribution in [0.3, 0.4) is 0 Å². The lowest BCUT2D eigenvalue weighted by atomic mass is 9.85. The molecule has 0 bridgehead atoms. The Kier molecular flexibility index (Phi) is 5.75. The second-order valence-electron chi connectivity index (χ2n) is 9.70. The second-order valence-corrected chi connectivity index (χ2v) is 9.70. The number of hydrogen-bond donors (Lipinski definition) is 1. The molecule has 4 rings (SSSR count). The minimum atomic E-state index is -0.718. The number of amides is 1. The van der Waals surface area contributed by atoms with Crippen molar-refractivity contribution in [3.8, 4) is 0 Å². The number of furan rings is 1. The van der Waals surface area contributed by atoms with Crippen LogP contribution in [-0.4, -0.2) is 21.7 Å². The van der Waals surface area contributed by atoms with E-state index in [2.05, 4.69) is 20.8 Å². The minimum absolute atomic E-state index is 0.0345. The Balaban J connectivity index is 1.89. The van der Waals surface area contributed by atoms with Crippen LogP contribution in [0.25, 0.3) is 5.76 Å². The summed E-state index contributed by atoms with van der Waals surface area (Å²) in [5, 5.41) is 11.3. The third-order valence-corrected chi connectivity index (χ3v) is 6.19. The molecule has 0 spiro atoms. The number of carbonyl (C=O) groups excluding carboxylic acids is 2. The molecule has 0 radical (unpaired) electrons. The lowest BCUT2D eigenvalue weighted by Crippen LogP contribution is -2.29. The fraction of sp³-hybridized carbons (Fsp3) is 0.286. The predicted octanol–water partition coefficient (Wildman–Crippen LogP) is 5.82. The molecule has 5 heteroatoms. The quantitative estimate of drug-likeness (QED) is 0.314. The van der Waals surface area contributed by atoms with E-state index >= 15 is 0 Å². The first-order valence-electron chi connectivity index (χ1n) is 11.1. The first kappa shape index (κ1) is 22.6. The summed E-state index contributed by atoms with van der Waals surface area (Å²) >= 11 is 0. The van der Waals surface area contributed by atoms with E-state index in [1.54, 1.807) is 12.1 Å². The molecule has 5 nitrogen and oxygen atoms in total. The zero-order chi connectivity index (χ0) is 23.9. The summed E-state index contributed by atoms with van der Waals surface area (Å²) in [6.07, 6.45) is 1.54. The maximum absolute atomic E-state index is 13.2. The minimum Gasteiger partial charge on any atom is -0.507 e. The summed E-state index contributed by atoms with van der Waals surface area (Å²) in [7, 11) is 0. The van der Waals surface area contributed by atoms with Gasteiger partial charge in [-0.05, 0) is 54.2 Å². The van der Waals surface area contributed by atoms with Crippen LogP contribution < -0.4 is 0 Å². The molecule has 1 amide bonds. The Morgan fingerprint density at radius 1 is 1.03 bits per heavy atom. The van der Waals surface area contributed by atoms with Crippen LogP contribution >= 0.6 is 0 Å². The molecule has 1 N–H and O–H groups in total. The van der Waals surface area contributed by atoms with Crippen LogP contribution in [0.4, 0.5) is 0 Å². The normalized spacial score (nSPS) is 18.2. The number of likely N-dealkylation sites (tertiary alicyclic amines) is 1. The number of benzene rings is 2. The molecule has 1 aliphatic rings. The summed E-state index contributed by atoms with van der Waals surface area (Å²) < 4.78 is 5.46. The van der Waals surface area contributed by atoms with Gasteiger partial charge in [0.1, 0.15) is 11.5 Å². The van der Waals surface area contributed by atoms with Gasteiger partial charge in [0.2, 0.25) is 0 Å². The fourth-order valence-electron chi connectivity index (χ4n) is 4.26. The SMILES string of the molecule is Cc1ccc(C)c(C(O)=C2C(=O)C(=O)N(Cc3ccco3)C2c2ccc(C(C)(C)C)cc2)c1. The second kappa shape index (κ2) is 8.39. The molecule has 1 atom stereocenters. The zero-order valence-corrected chi connectivity index (χ0v) is 19.7. The van der Waals surface area contributed by atoms with Crippen LogP contribution in [0.2, 0.25) is 0 Å². The van der Waals surface area contributed by atoms with Gasteiger partial charge >= 0.3 is 0 Å². The molecular weight excluding hydrogens is 414 g/mol. The molecule has 2 aromatic carbocycles. The number of carbonyl (C=O) groups is 2. The molecule has 33 heavy (non-hydrogen) atoms. The lowest BCUT2D eigenvalue weighted by molar-refractivity contribution is -0.140. The zero-order valence-electron chi connectivity index (χ0n) is 19.7. The van der Waals surface area contributed by atoms with Crippen molar-refractivity contribution >= 4 is 17.4 Å². The third-order valence-electron chi connectivity index (χ3n) is 6.19. The summed E-state index contributed by atoms with van der Waals surface area (Å²) in [5.41, 5.74) is 4.32. The molecule has 1 saturated heterocycles. The highest BCUT2D eigenvalue weighted by Crippen LogP contribution is 2.41. The molecule has 1 aromatic heterocycles. The van der Waals surface area contributed by atoms with E-state index in [4.69, 9.17) is 4.42 Å². The summed E-state index contributed by atoms with van der Waals surface area (Å²) in [5.74, 6) is -0.922. The average molecular weight is 444 g/mol. The molecule has 3 aromatic rings. The molecular formula is C28H29NO4. The largest absolute Gasteiger partial charge is 0.507 e. The Labute approximate surface area is 194 Å². The standard InChI is InChI=1S/C28H29NO4/c1-17-8-9-18(2)22(15-17)25(30)23-24(19-10-12-20(13-11-19)28(3,4)5)29(27(32)26(23)31)16-21-7-6-14-33-21/h6-15,24,30H,16H2,1-5H3. The third kappa shape index (κ3) is 4.23. The number of aliphatic hydroxyl groups is 1. The Morgan fingerprint density at radius 3 is 2.33 bits per heavy atom. The van der Waals surface area contributed by atoms with Crippen molar-refractivity contribution < 1.29 is 19.1 Å². The van der Waals surface area contributed by atoms with Gasteiger partial charge in [-0.25, -0.2) is 0 Å². The van der Waals surface area contributed by atoms with Gasteiger partial charge in [-0.15, -0.1) is 0 Å². The van der Waals surface area contributed by atoms with Crippen molar-refractivity contribution in [2.24, 2.45) is 0 Å². The molecule has 1 aliphatic heterocycles. The van der Waals surface area contributed by atoms with Gasteiger partial charge in [0.05, 0.1) is 24.4 Å². The molecule has 0 aliphatic carbocycles. The van der Waals surface area contributed by atoms with E-state index in [9.17, 15) is 14.7 Å². The van der Waals surface area contributed by atoms with Crippen LogP contribution in [0, 0.1) is 13.8 Å². The number of hydrogen-bond acceptors (Lipinski definition) is 4. The number of ketones is 1. The number of aliphatic hydroxyl groups excluding tert-OH is 1. The van der Waals surface area contributed by atoms with Crippen LogP contribution in [0.5, 0.6) is 0 Å². The smallest absolute Gasteiger partial charge is 0.296 e. The topological polar surface area (TPSA) is 70.8 Å². The van der Waals surface area contributed by atoms with Gasteiger partial charge < -0.3 is 14.4 Å². The Morgan fingerprint density at radius 2 is 1.73 bits per heavy atom. The highest BCUT2D eigenvalue weighted by Gasteiger charge is 2.46. The first-order chi connectivity index (χ1) is 15.6. The number of aryl methyl sites for hydroxylation is 2. The van der Waals surface area contributed by atoms with E-state index in [-0.39, 0.29) is 23.3 Å². The molecule has 170 valence electrons. The van der Waals surface area contributed by atoms with E-state index in [1.165, 1.54) is 11.2 Å². The first-order valence-corrected chi connectivity index (χ1v) is 11.1. The van der Waals surface area contributed by atoms with Gasteiger partial charge in [0.15, 0.2) is 0 Å². The van der Waals surface area contributed by atoms with Crippen molar-refractivity contribution in [2.75, 3.05) is 0 Å². The van der Waals surface area contributed by atoms with E-state index < -0.39 is 17.7 Å². The van der Waals surface area contributed by atoms with Crippen LogP contribution in [0.1, 0.15) is 60.4 Å². The van der Waals surface area contributed by atoms with Crippen molar-refractivity contribution in [1.29, 1.82) is 0 Å². The number of nitrogens with zero attached hydrogens (tertiary/aromatic N) is 1. The summed E-state index contributed by atoms with van der Waals surface area (Å²) in [6.45, 7) is 10.3. The maximum Gasteiger partial charge on any atom is 0.296 e. The van der Waals surface area contributed by atoms with E-state index in [0.29, 0.717) is 11.3 Å². The molecule has 1 unspecified atom stereocenters. The van der Waals surface area contributed by atoms with Crippen LogP contribution in [0.15, 0.2) is 70.9 Å².